The average Bonchev–Trinajstić information content (AvgIpc) is 2.78. The molecule has 0 heterocycles. The fourth-order valence-corrected chi connectivity index (χ4v) is 4.12. The Hall–Kier alpha value is -3.06. The summed E-state index contributed by atoms with van der Waals surface area (Å²) in [5.41, 5.74) is 1.52. The Morgan fingerprint density at radius 3 is 2.11 bits per heavy atom. The lowest BCUT2D eigenvalue weighted by Gasteiger charge is -2.44. The molecule has 2 N–H and O–H groups in total. The van der Waals surface area contributed by atoms with Crippen LogP contribution in [0.4, 0.5) is 10.5 Å². The number of hydrogen-bond donors (Lipinski definition) is 2. The third kappa shape index (κ3) is 7.96. The first-order chi connectivity index (χ1) is 17.1. The van der Waals surface area contributed by atoms with Gasteiger partial charge in [-0.1, -0.05) is 60.5 Å². The quantitative estimate of drug-likeness (QED) is 0.405. The number of amides is 3. The number of nitrogens with one attached hydrogen (secondary N) is 2. The third-order valence-electron chi connectivity index (χ3n) is 6.23. The van der Waals surface area contributed by atoms with Gasteiger partial charge < -0.3 is 20.3 Å². The van der Waals surface area contributed by atoms with Crippen molar-refractivity contribution in [3.05, 3.63) is 64.2 Å². The van der Waals surface area contributed by atoms with Crippen LogP contribution in [0.15, 0.2) is 42.5 Å². The molecule has 202 valence electrons. The van der Waals surface area contributed by atoms with E-state index in [1.54, 1.807) is 38.7 Å². The van der Waals surface area contributed by atoms with Crippen LogP contribution < -0.4 is 10.6 Å². The minimum absolute atomic E-state index is 0.403. The number of carbonyl (C=O) groups excluding carboxylic acids is 3. The summed E-state index contributed by atoms with van der Waals surface area (Å²) in [7, 11) is 0. The fourth-order valence-electron chi connectivity index (χ4n) is 3.85. The van der Waals surface area contributed by atoms with Gasteiger partial charge >= 0.3 is 6.09 Å². The van der Waals surface area contributed by atoms with E-state index in [4.69, 9.17) is 16.3 Å². The molecule has 37 heavy (non-hydrogen) atoms. The minimum atomic E-state index is -0.985. The summed E-state index contributed by atoms with van der Waals surface area (Å²) in [5.74, 6) is -0.811. The lowest BCUT2D eigenvalue weighted by molar-refractivity contribution is -0.147. The number of anilines is 1. The van der Waals surface area contributed by atoms with E-state index in [-0.39, 0.29) is 0 Å². The van der Waals surface area contributed by atoms with E-state index in [2.05, 4.69) is 10.6 Å². The maximum absolute atomic E-state index is 14.0. The smallest absolute Gasteiger partial charge is 0.408 e. The molecule has 2 aromatic carbocycles. The highest BCUT2D eigenvalue weighted by molar-refractivity contribution is 6.34. The summed E-state index contributed by atoms with van der Waals surface area (Å²) in [4.78, 5) is 41.9. The van der Waals surface area contributed by atoms with Gasteiger partial charge in [0.25, 0.3) is 5.91 Å². The van der Waals surface area contributed by atoms with E-state index >= 15 is 0 Å². The van der Waals surface area contributed by atoms with E-state index in [0.717, 1.165) is 11.1 Å². The van der Waals surface area contributed by atoms with Crippen LogP contribution in [0.1, 0.15) is 77.6 Å². The molecule has 2 aromatic rings. The van der Waals surface area contributed by atoms with E-state index < -0.39 is 41.1 Å². The Morgan fingerprint density at radius 2 is 1.59 bits per heavy atom. The normalized spacial score (nSPS) is 13.4. The summed E-state index contributed by atoms with van der Waals surface area (Å²) in [5, 5.41) is 5.99. The van der Waals surface area contributed by atoms with Gasteiger partial charge in [-0.3, -0.25) is 9.59 Å². The summed E-state index contributed by atoms with van der Waals surface area (Å²) < 4.78 is 5.35. The molecule has 2 atom stereocenters. The van der Waals surface area contributed by atoms with Crippen molar-refractivity contribution in [2.75, 3.05) is 5.32 Å². The van der Waals surface area contributed by atoms with Crippen LogP contribution in [0.5, 0.6) is 0 Å². The first-order valence-corrected chi connectivity index (χ1v) is 12.9. The number of alkyl carbamates (subject to hydrolysis) is 1. The molecule has 7 nitrogen and oxygen atoms in total. The Labute approximate surface area is 225 Å². The van der Waals surface area contributed by atoms with E-state index in [1.807, 2.05) is 71.0 Å². The van der Waals surface area contributed by atoms with E-state index in [1.165, 1.54) is 0 Å². The van der Waals surface area contributed by atoms with Gasteiger partial charge in [0.15, 0.2) is 0 Å². The second kappa shape index (κ2) is 12.0. The molecule has 2 unspecified atom stereocenters. The fraction of sp³-hybridized carbons (Fsp3) is 0.483. The van der Waals surface area contributed by atoms with E-state index in [0.29, 0.717) is 22.7 Å². The number of aryl methyl sites for hydroxylation is 2. The largest absolute Gasteiger partial charge is 0.444 e. The van der Waals surface area contributed by atoms with Gasteiger partial charge in [-0.15, -0.1) is 0 Å². The highest BCUT2D eigenvalue weighted by Crippen LogP contribution is 2.34. The zero-order valence-electron chi connectivity index (χ0n) is 23.4. The minimum Gasteiger partial charge on any atom is -0.444 e. The van der Waals surface area contributed by atoms with Crippen LogP contribution in [0.25, 0.3) is 0 Å². The van der Waals surface area contributed by atoms with Crippen LogP contribution >= 0.6 is 11.6 Å². The van der Waals surface area contributed by atoms with Gasteiger partial charge in [0.1, 0.15) is 17.7 Å². The second-order valence-corrected chi connectivity index (χ2v) is 11.4. The Balaban J connectivity index is 2.57. The van der Waals surface area contributed by atoms with Gasteiger partial charge in [-0.25, -0.2) is 4.79 Å². The number of rotatable bonds is 8. The second-order valence-electron chi connectivity index (χ2n) is 11.0. The number of hydrogen-bond acceptors (Lipinski definition) is 4. The monoisotopic (exact) mass is 529 g/mol. The number of ether oxygens (including phenoxy) is 1. The predicted molar refractivity (Wildman–Crippen MR) is 149 cm³/mol. The molecule has 0 fully saturated rings. The number of para-hydroxylation sites is 1. The molecule has 0 spiro atoms. The molecular weight excluding hydrogens is 490 g/mol. The molecule has 0 radical (unpaired) electrons. The van der Waals surface area contributed by atoms with Crippen molar-refractivity contribution in [1.29, 1.82) is 0 Å². The first-order valence-electron chi connectivity index (χ1n) is 12.5. The highest BCUT2D eigenvalue weighted by atomic mass is 35.5. The maximum atomic E-state index is 14.0. The van der Waals surface area contributed by atoms with Crippen molar-refractivity contribution in [1.82, 2.24) is 10.2 Å². The van der Waals surface area contributed by atoms with Crippen molar-refractivity contribution in [2.24, 2.45) is 0 Å². The van der Waals surface area contributed by atoms with E-state index in [9.17, 15) is 14.4 Å². The lowest BCUT2D eigenvalue weighted by atomic mass is 9.91. The van der Waals surface area contributed by atoms with Gasteiger partial charge in [0, 0.05) is 5.54 Å². The van der Waals surface area contributed by atoms with Crippen LogP contribution in [0.3, 0.4) is 0 Å². The summed E-state index contributed by atoms with van der Waals surface area (Å²) in [6, 6.07) is 10.9. The van der Waals surface area contributed by atoms with Crippen molar-refractivity contribution >= 4 is 35.2 Å². The summed E-state index contributed by atoms with van der Waals surface area (Å²) >= 11 is 6.41. The number of nitrogens with zero attached hydrogens (tertiary/aromatic N) is 1. The van der Waals surface area contributed by atoms with Crippen molar-refractivity contribution < 1.29 is 19.1 Å². The molecule has 0 aliphatic carbocycles. The standard InChI is InChI=1S/C29H40ClN3O4/c1-10-29(8,9)33(26(35)20(4)31-27(36)37-28(5,6)7)24(21-16-14-18(2)15-17-21)25(34)32-23-19(3)12-11-13-22(23)30/h11-17,20,24H,10H2,1-9H3,(H,31,36)(H,32,34). The van der Waals surface area contributed by atoms with Gasteiger partial charge in [0.2, 0.25) is 5.91 Å². The Bertz CT molecular complexity index is 1100. The summed E-state index contributed by atoms with van der Waals surface area (Å²) in [6.45, 7) is 16.4. The van der Waals surface area contributed by atoms with Crippen molar-refractivity contribution in [2.45, 2.75) is 92.0 Å². The van der Waals surface area contributed by atoms with Gasteiger partial charge in [0.05, 0.1) is 10.7 Å². The Kier molecular flexibility index (Phi) is 9.78. The predicted octanol–water partition coefficient (Wildman–Crippen LogP) is 6.57. The first kappa shape index (κ1) is 30.2. The molecule has 0 aromatic heterocycles. The van der Waals surface area contributed by atoms with Crippen LogP contribution in [0.2, 0.25) is 5.02 Å². The van der Waals surface area contributed by atoms with Crippen LogP contribution in [0, 0.1) is 13.8 Å². The maximum Gasteiger partial charge on any atom is 0.408 e. The number of halogens is 1. The van der Waals surface area contributed by atoms with Crippen LogP contribution in [-0.2, 0) is 14.3 Å². The molecular formula is C29H40ClN3O4. The van der Waals surface area contributed by atoms with Crippen molar-refractivity contribution in [3.8, 4) is 0 Å². The summed E-state index contributed by atoms with van der Waals surface area (Å²) in [6.07, 6.45) is -0.135. The molecule has 3 amide bonds. The van der Waals surface area contributed by atoms with Crippen molar-refractivity contribution in [3.63, 3.8) is 0 Å². The SMILES string of the molecule is CCC(C)(C)N(C(=O)C(C)NC(=O)OC(C)(C)C)C(C(=O)Nc1c(C)cccc1Cl)c1ccc(C)cc1. The van der Waals surface area contributed by atoms with Crippen LogP contribution in [-0.4, -0.2) is 40.0 Å². The highest BCUT2D eigenvalue weighted by Gasteiger charge is 2.42. The molecule has 0 bridgehead atoms. The zero-order chi connectivity index (χ0) is 28.1. The number of benzene rings is 2. The molecule has 0 aliphatic heterocycles. The average molecular weight is 530 g/mol. The molecule has 2 rings (SSSR count). The Morgan fingerprint density at radius 1 is 1.00 bits per heavy atom. The topological polar surface area (TPSA) is 87.7 Å². The molecule has 0 saturated carbocycles. The van der Waals surface area contributed by atoms with Gasteiger partial charge in [-0.05, 0) is 79.0 Å². The molecule has 0 saturated heterocycles. The lowest BCUT2D eigenvalue weighted by Crippen LogP contribution is -2.58. The van der Waals surface area contributed by atoms with Gasteiger partial charge in [-0.2, -0.15) is 0 Å². The zero-order valence-corrected chi connectivity index (χ0v) is 24.1. The molecule has 8 heteroatoms. The third-order valence-corrected chi connectivity index (χ3v) is 6.54. The number of carbonyl (C=O) groups is 3. The molecule has 0 aliphatic rings.